The summed E-state index contributed by atoms with van der Waals surface area (Å²) < 4.78 is 11.0. The number of hydrogen-bond donors (Lipinski definition) is 1. The summed E-state index contributed by atoms with van der Waals surface area (Å²) in [6, 6.07) is 9.86. The Morgan fingerprint density at radius 1 is 1.27 bits per heavy atom. The molecule has 1 aliphatic rings. The number of hydrogen-bond acceptors (Lipinski definition) is 7. The predicted molar refractivity (Wildman–Crippen MR) is 114 cm³/mol. The van der Waals surface area contributed by atoms with Crippen molar-refractivity contribution < 1.29 is 23.9 Å². The summed E-state index contributed by atoms with van der Waals surface area (Å²) in [4.78, 5) is 32.0. The molecule has 0 radical (unpaired) electrons. The molecule has 1 heterocycles. The predicted octanol–water partition coefficient (Wildman–Crippen LogP) is 2.92. The first-order valence-corrected chi connectivity index (χ1v) is 10.7. The average molecular weight is 421 g/mol. The van der Waals surface area contributed by atoms with Gasteiger partial charge in [-0.1, -0.05) is 37.3 Å². The molecular weight excluding hydrogens is 384 g/mol. The molecule has 4 atom stereocenters. The van der Waals surface area contributed by atoms with Gasteiger partial charge in [-0.2, -0.15) is 5.06 Å². The van der Waals surface area contributed by atoms with Crippen LogP contribution in [-0.2, 0) is 30.4 Å². The fraction of sp³-hybridized carbons (Fsp3) is 0.652. The number of esters is 2. The molecule has 4 unspecified atom stereocenters. The van der Waals surface area contributed by atoms with Crippen molar-refractivity contribution in [2.75, 3.05) is 19.7 Å². The molecule has 2 rings (SSSR count). The van der Waals surface area contributed by atoms with E-state index in [9.17, 15) is 9.59 Å². The Balaban J connectivity index is 2.27. The van der Waals surface area contributed by atoms with E-state index < -0.39 is 23.5 Å². The van der Waals surface area contributed by atoms with Crippen LogP contribution < -0.4 is 5.73 Å². The molecule has 0 aliphatic carbocycles. The van der Waals surface area contributed by atoms with E-state index in [2.05, 4.69) is 0 Å². The highest BCUT2D eigenvalue weighted by molar-refractivity contribution is 5.78. The molecule has 7 heteroatoms. The molecule has 2 N–H and O–H groups in total. The van der Waals surface area contributed by atoms with E-state index in [0.29, 0.717) is 26.1 Å². The van der Waals surface area contributed by atoms with Gasteiger partial charge in [-0.3, -0.25) is 14.4 Å². The zero-order valence-corrected chi connectivity index (χ0v) is 18.8. The van der Waals surface area contributed by atoms with Gasteiger partial charge < -0.3 is 15.2 Å². The van der Waals surface area contributed by atoms with Crippen molar-refractivity contribution in [3.05, 3.63) is 35.9 Å². The number of nitrogens with two attached hydrogens (primary N) is 1. The number of carbonyl (C=O) groups excluding carboxylic acids is 2. The molecule has 0 spiro atoms. The van der Waals surface area contributed by atoms with Crippen LogP contribution in [0.15, 0.2) is 30.3 Å². The lowest BCUT2D eigenvalue weighted by Crippen LogP contribution is -2.42. The molecule has 1 fully saturated rings. The summed E-state index contributed by atoms with van der Waals surface area (Å²) >= 11 is 0. The van der Waals surface area contributed by atoms with Crippen LogP contribution >= 0.6 is 0 Å². The van der Waals surface area contributed by atoms with E-state index in [0.717, 1.165) is 5.56 Å². The van der Waals surface area contributed by atoms with E-state index in [1.807, 2.05) is 58.0 Å². The van der Waals surface area contributed by atoms with Gasteiger partial charge in [0.1, 0.15) is 17.6 Å². The lowest BCUT2D eigenvalue weighted by atomic mass is 9.85. The molecular formula is C23H36N2O5. The Morgan fingerprint density at radius 3 is 2.50 bits per heavy atom. The molecule has 1 aliphatic heterocycles. The molecule has 168 valence electrons. The van der Waals surface area contributed by atoms with Crippen molar-refractivity contribution in [1.29, 1.82) is 0 Å². The summed E-state index contributed by atoms with van der Waals surface area (Å²) in [5.41, 5.74) is 6.25. The van der Waals surface area contributed by atoms with E-state index >= 15 is 0 Å². The van der Waals surface area contributed by atoms with Crippen molar-refractivity contribution in [2.45, 2.75) is 59.3 Å². The Bertz CT molecular complexity index is 689. The van der Waals surface area contributed by atoms with Crippen molar-refractivity contribution in [2.24, 2.45) is 23.5 Å². The first-order chi connectivity index (χ1) is 14.1. The highest BCUT2D eigenvalue weighted by atomic mass is 16.7. The third-order valence-corrected chi connectivity index (χ3v) is 5.02. The highest BCUT2D eigenvalue weighted by Crippen LogP contribution is 2.34. The van der Waals surface area contributed by atoms with Crippen molar-refractivity contribution in [3.63, 3.8) is 0 Å². The maximum Gasteiger partial charge on any atom is 0.313 e. The second-order valence-electron chi connectivity index (χ2n) is 8.95. The second kappa shape index (κ2) is 10.9. The first kappa shape index (κ1) is 24.3. The third kappa shape index (κ3) is 7.07. The Kier molecular flexibility index (Phi) is 8.82. The minimum absolute atomic E-state index is 0.0807. The van der Waals surface area contributed by atoms with Crippen LogP contribution in [0.3, 0.4) is 0 Å². The molecule has 1 aromatic rings. The van der Waals surface area contributed by atoms with Crippen LogP contribution in [0.1, 0.15) is 46.6 Å². The molecule has 0 bridgehead atoms. The van der Waals surface area contributed by atoms with Crippen LogP contribution in [-0.4, -0.2) is 48.4 Å². The maximum atomic E-state index is 13.1. The van der Waals surface area contributed by atoms with Gasteiger partial charge in [0.05, 0.1) is 12.5 Å². The van der Waals surface area contributed by atoms with Gasteiger partial charge >= 0.3 is 11.9 Å². The highest BCUT2D eigenvalue weighted by Gasteiger charge is 2.48. The quantitative estimate of drug-likeness (QED) is 0.614. The molecule has 1 aromatic carbocycles. The lowest BCUT2D eigenvalue weighted by Gasteiger charge is -2.30. The Morgan fingerprint density at radius 2 is 1.93 bits per heavy atom. The van der Waals surface area contributed by atoms with E-state index in [-0.39, 0.29) is 24.5 Å². The fourth-order valence-electron chi connectivity index (χ4n) is 3.58. The Hall–Kier alpha value is -1.96. The molecule has 30 heavy (non-hydrogen) atoms. The maximum absolute atomic E-state index is 13.1. The third-order valence-electron chi connectivity index (χ3n) is 5.02. The van der Waals surface area contributed by atoms with Gasteiger partial charge in [0.15, 0.2) is 0 Å². The average Bonchev–Trinajstić information content (AvgIpc) is 3.08. The van der Waals surface area contributed by atoms with Crippen LogP contribution in [0, 0.1) is 17.8 Å². The van der Waals surface area contributed by atoms with Crippen LogP contribution in [0.2, 0.25) is 0 Å². The SMILES string of the molecule is CCOC(=O)C1CN(Cc2ccccc2)OC1C(CC(C)CN)C(=O)OC(C)(C)C. The minimum Gasteiger partial charge on any atom is -0.466 e. The monoisotopic (exact) mass is 420 g/mol. The summed E-state index contributed by atoms with van der Waals surface area (Å²) in [5, 5.41) is 1.74. The molecule has 0 amide bonds. The van der Waals surface area contributed by atoms with E-state index in [4.69, 9.17) is 20.0 Å². The summed E-state index contributed by atoms with van der Waals surface area (Å²) in [6.07, 6.45) is -0.179. The number of rotatable bonds is 9. The molecule has 0 saturated carbocycles. The van der Waals surface area contributed by atoms with Gasteiger partial charge in [0, 0.05) is 13.1 Å². The number of nitrogens with zero attached hydrogens (tertiary/aromatic N) is 1. The lowest BCUT2D eigenvalue weighted by molar-refractivity contribution is -0.191. The largest absolute Gasteiger partial charge is 0.466 e. The van der Waals surface area contributed by atoms with Gasteiger partial charge in [-0.05, 0) is 52.1 Å². The van der Waals surface area contributed by atoms with E-state index in [1.165, 1.54) is 0 Å². The molecule has 0 aromatic heterocycles. The normalized spacial score (nSPS) is 21.8. The second-order valence-corrected chi connectivity index (χ2v) is 8.95. The van der Waals surface area contributed by atoms with Crippen molar-refractivity contribution >= 4 is 11.9 Å². The van der Waals surface area contributed by atoms with Crippen LogP contribution in [0.4, 0.5) is 0 Å². The smallest absolute Gasteiger partial charge is 0.313 e. The summed E-state index contributed by atoms with van der Waals surface area (Å²) in [6.45, 7) is 10.8. The minimum atomic E-state index is -0.656. The molecule has 7 nitrogen and oxygen atoms in total. The van der Waals surface area contributed by atoms with Crippen LogP contribution in [0.5, 0.6) is 0 Å². The van der Waals surface area contributed by atoms with E-state index in [1.54, 1.807) is 12.0 Å². The fourth-order valence-corrected chi connectivity index (χ4v) is 3.58. The first-order valence-electron chi connectivity index (χ1n) is 10.7. The standard InChI is InChI=1S/C23H36N2O5/c1-6-28-21(26)19-15-25(14-17-10-8-7-9-11-17)30-20(19)18(12-16(2)13-24)22(27)29-23(3,4)5/h7-11,16,18-20H,6,12-15,24H2,1-5H3. The topological polar surface area (TPSA) is 91.1 Å². The number of carbonyl (C=O) groups is 2. The van der Waals surface area contributed by atoms with Crippen molar-refractivity contribution in [1.82, 2.24) is 5.06 Å². The van der Waals surface area contributed by atoms with Gasteiger partial charge in [-0.25, -0.2) is 0 Å². The zero-order chi connectivity index (χ0) is 22.3. The Labute approximate surface area is 179 Å². The van der Waals surface area contributed by atoms with Crippen molar-refractivity contribution in [3.8, 4) is 0 Å². The number of ether oxygens (including phenoxy) is 2. The number of hydroxylamine groups is 2. The summed E-state index contributed by atoms with van der Waals surface area (Å²) in [5.74, 6) is -1.83. The summed E-state index contributed by atoms with van der Waals surface area (Å²) in [7, 11) is 0. The van der Waals surface area contributed by atoms with Gasteiger partial charge in [-0.15, -0.1) is 0 Å². The van der Waals surface area contributed by atoms with Crippen LogP contribution in [0.25, 0.3) is 0 Å². The molecule has 1 saturated heterocycles. The number of benzene rings is 1. The van der Waals surface area contributed by atoms with Gasteiger partial charge in [0.2, 0.25) is 0 Å². The van der Waals surface area contributed by atoms with Gasteiger partial charge in [0.25, 0.3) is 0 Å². The zero-order valence-electron chi connectivity index (χ0n) is 18.8.